The fraction of sp³-hybridized carbons (Fsp3) is 0.0667. The normalized spacial score (nSPS) is 10.8. The highest BCUT2D eigenvalue weighted by Gasteiger charge is 2.00. The Bertz CT molecular complexity index is 597. The summed E-state index contributed by atoms with van der Waals surface area (Å²) in [5.74, 6) is 0.641. The van der Waals surface area contributed by atoms with Crippen LogP contribution >= 0.6 is 0 Å². The number of ether oxygens (including phenoxy) is 1. The lowest BCUT2D eigenvalue weighted by Gasteiger charge is -2.03. The van der Waals surface area contributed by atoms with E-state index in [2.05, 4.69) is 0 Å². The summed E-state index contributed by atoms with van der Waals surface area (Å²) >= 11 is 0. The van der Waals surface area contributed by atoms with Gasteiger partial charge in [0, 0.05) is 17.7 Å². The standard InChI is InChI=1S/C15H14O4/c1-19-14-5-4-11(15(18)9-14)3-2-10-6-12(16)8-13(17)7-10/h2-9,16-18H,1H3/b3-2+. The molecule has 98 valence electrons. The van der Waals surface area contributed by atoms with Gasteiger partial charge in [-0.05, 0) is 29.8 Å². The van der Waals surface area contributed by atoms with Crippen molar-refractivity contribution in [3.8, 4) is 23.0 Å². The van der Waals surface area contributed by atoms with Gasteiger partial charge in [-0.1, -0.05) is 12.2 Å². The van der Waals surface area contributed by atoms with Crippen LogP contribution in [-0.4, -0.2) is 22.4 Å². The van der Waals surface area contributed by atoms with Crippen molar-refractivity contribution >= 4 is 12.2 Å². The van der Waals surface area contributed by atoms with Crippen molar-refractivity contribution < 1.29 is 20.1 Å². The zero-order chi connectivity index (χ0) is 13.8. The largest absolute Gasteiger partial charge is 0.508 e. The highest BCUT2D eigenvalue weighted by molar-refractivity contribution is 5.73. The summed E-state index contributed by atoms with van der Waals surface area (Å²) in [6.45, 7) is 0. The maximum atomic E-state index is 9.78. The topological polar surface area (TPSA) is 69.9 Å². The summed E-state index contributed by atoms with van der Waals surface area (Å²) in [6.07, 6.45) is 3.37. The molecule has 4 heteroatoms. The van der Waals surface area contributed by atoms with E-state index in [-0.39, 0.29) is 17.2 Å². The Labute approximate surface area is 110 Å². The average Bonchev–Trinajstić information content (AvgIpc) is 2.36. The summed E-state index contributed by atoms with van der Waals surface area (Å²) in [7, 11) is 1.53. The number of rotatable bonds is 3. The zero-order valence-electron chi connectivity index (χ0n) is 10.4. The summed E-state index contributed by atoms with van der Waals surface area (Å²) in [6, 6.07) is 9.24. The fourth-order valence-electron chi connectivity index (χ4n) is 1.69. The van der Waals surface area contributed by atoms with Crippen LogP contribution in [0.5, 0.6) is 23.0 Å². The number of phenols is 3. The second-order valence-electron chi connectivity index (χ2n) is 4.04. The van der Waals surface area contributed by atoms with Crippen LogP contribution in [0.3, 0.4) is 0 Å². The Hall–Kier alpha value is -2.62. The minimum Gasteiger partial charge on any atom is -0.508 e. The third-order valence-electron chi connectivity index (χ3n) is 2.62. The van der Waals surface area contributed by atoms with Gasteiger partial charge >= 0.3 is 0 Å². The summed E-state index contributed by atoms with van der Waals surface area (Å²) < 4.78 is 4.99. The number of aromatic hydroxyl groups is 3. The molecule has 0 aromatic heterocycles. The molecule has 0 saturated heterocycles. The van der Waals surface area contributed by atoms with Gasteiger partial charge in [-0.3, -0.25) is 0 Å². The van der Waals surface area contributed by atoms with Gasteiger partial charge in [0.2, 0.25) is 0 Å². The van der Waals surface area contributed by atoms with Gasteiger partial charge < -0.3 is 20.1 Å². The van der Waals surface area contributed by atoms with E-state index in [0.717, 1.165) is 0 Å². The summed E-state index contributed by atoms with van der Waals surface area (Å²) in [5, 5.41) is 28.5. The van der Waals surface area contributed by atoms with E-state index >= 15 is 0 Å². The Morgan fingerprint density at radius 3 is 2.16 bits per heavy atom. The lowest BCUT2D eigenvalue weighted by Crippen LogP contribution is -1.83. The van der Waals surface area contributed by atoms with Crippen LogP contribution in [0.2, 0.25) is 0 Å². The van der Waals surface area contributed by atoms with E-state index in [1.165, 1.54) is 31.4 Å². The lowest BCUT2D eigenvalue weighted by atomic mass is 10.1. The molecule has 4 nitrogen and oxygen atoms in total. The smallest absolute Gasteiger partial charge is 0.126 e. The van der Waals surface area contributed by atoms with E-state index in [1.807, 2.05) is 0 Å². The van der Waals surface area contributed by atoms with E-state index in [1.54, 1.807) is 24.3 Å². The lowest BCUT2D eigenvalue weighted by molar-refractivity contribution is 0.407. The summed E-state index contributed by atoms with van der Waals surface area (Å²) in [5.41, 5.74) is 1.25. The maximum Gasteiger partial charge on any atom is 0.126 e. The van der Waals surface area contributed by atoms with E-state index in [0.29, 0.717) is 16.9 Å². The maximum absolute atomic E-state index is 9.78. The molecule has 0 fully saturated rings. The van der Waals surface area contributed by atoms with Crippen molar-refractivity contribution in [1.29, 1.82) is 0 Å². The van der Waals surface area contributed by atoms with E-state index in [4.69, 9.17) is 4.74 Å². The number of phenolic OH excluding ortho intramolecular Hbond substituents is 3. The highest BCUT2D eigenvalue weighted by atomic mass is 16.5. The summed E-state index contributed by atoms with van der Waals surface area (Å²) in [4.78, 5) is 0. The quantitative estimate of drug-likeness (QED) is 0.740. The molecule has 2 aromatic carbocycles. The third-order valence-corrected chi connectivity index (χ3v) is 2.62. The predicted octanol–water partition coefficient (Wildman–Crippen LogP) is 2.98. The van der Waals surface area contributed by atoms with Crippen molar-refractivity contribution in [3.05, 3.63) is 47.5 Å². The van der Waals surface area contributed by atoms with Crippen LogP contribution in [0.15, 0.2) is 36.4 Å². The minimum absolute atomic E-state index is 0.0152. The van der Waals surface area contributed by atoms with Gasteiger partial charge in [-0.25, -0.2) is 0 Å². The Morgan fingerprint density at radius 2 is 1.58 bits per heavy atom. The molecule has 3 N–H and O–H groups in total. The number of hydrogen-bond acceptors (Lipinski definition) is 4. The van der Waals surface area contributed by atoms with Crippen molar-refractivity contribution in [2.45, 2.75) is 0 Å². The molecule has 0 radical (unpaired) electrons. The Kier molecular flexibility index (Phi) is 3.61. The molecule has 0 amide bonds. The first-order chi connectivity index (χ1) is 9.08. The monoisotopic (exact) mass is 258 g/mol. The van der Waals surface area contributed by atoms with E-state index in [9.17, 15) is 15.3 Å². The Morgan fingerprint density at radius 1 is 0.895 bits per heavy atom. The molecule has 0 aliphatic rings. The molecule has 0 bridgehead atoms. The Balaban J connectivity index is 2.27. The van der Waals surface area contributed by atoms with Gasteiger partial charge in [-0.15, -0.1) is 0 Å². The molecule has 0 aliphatic carbocycles. The van der Waals surface area contributed by atoms with Gasteiger partial charge in [0.1, 0.15) is 23.0 Å². The molecule has 0 unspecified atom stereocenters. The van der Waals surface area contributed by atoms with Crippen LogP contribution in [0.4, 0.5) is 0 Å². The first-order valence-corrected chi connectivity index (χ1v) is 5.66. The minimum atomic E-state index is -0.0152. The van der Waals surface area contributed by atoms with Gasteiger partial charge in [-0.2, -0.15) is 0 Å². The van der Waals surface area contributed by atoms with Gasteiger partial charge in [0.25, 0.3) is 0 Å². The molecule has 2 rings (SSSR count). The number of methoxy groups -OCH3 is 1. The van der Waals surface area contributed by atoms with Gasteiger partial charge in [0.05, 0.1) is 7.11 Å². The van der Waals surface area contributed by atoms with Crippen LogP contribution in [0.1, 0.15) is 11.1 Å². The molecule has 19 heavy (non-hydrogen) atoms. The average molecular weight is 258 g/mol. The molecule has 0 heterocycles. The van der Waals surface area contributed by atoms with Gasteiger partial charge in [0.15, 0.2) is 0 Å². The highest BCUT2D eigenvalue weighted by Crippen LogP contribution is 2.26. The van der Waals surface area contributed by atoms with Crippen molar-refractivity contribution in [2.75, 3.05) is 7.11 Å². The molecule has 0 aliphatic heterocycles. The van der Waals surface area contributed by atoms with Crippen molar-refractivity contribution in [3.63, 3.8) is 0 Å². The van der Waals surface area contributed by atoms with Crippen LogP contribution in [-0.2, 0) is 0 Å². The predicted molar refractivity (Wildman–Crippen MR) is 73.4 cm³/mol. The first kappa shape index (κ1) is 12.8. The molecular weight excluding hydrogens is 244 g/mol. The first-order valence-electron chi connectivity index (χ1n) is 5.66. The van der Waals surface area contributed by atoms with Crippen molar-refractivity contribution in [2.24, 2.45) is 0 Å². The fourth-order valence-corrected chi connectivity index (χ4v) is 1.69. The zero-order valence-corrected chi connectivity index (χ0v) is 10.4. The molecule has 0 atom stereocenters. The SMILES string of the molecule is COc1ccc(/C=C/c2cc(O)cc(O)c2)c(O)c1. The molecular formula is C15H14O4. The molecule has 0 saturated carbocycles. The van der Waals surface area contributed by atoms with Crippen LogP contribution in [0, 0.1) is 0 Å². The van der Waals surface area contributed by atoms with Crippen LogP contribution in [0.25, 0.3) is 12.2 Å². The third kappa shape index (κ3) is 3.19. The number of benzene rings is 2. The molecule has 2 aromatic rings. The van der Waals surface area contributed by atoms with E-state index < -0.39 is 0 Å². The second-order valence-corrected chi connectivity index (χ2v) is 4.04. The van der Waals surface area contributed by atoms with Crippen LogP contribution < -0.4 is 4.74 Å². The second kappa shape index (κ2) is 5.35. The van der Waals surface area contributed by atoms with Crippen molar-refractivity contribution in [1.82, 2.24) is 0 Å². The number of hydrogen-bond donors (Lipinski definition) is 3. The molecule has 0 spiro atoms.